The number of hydrogen-bond acceptors (Lipinski definition) is 7. The Morgan fingerprint density at radius 1 is 1.00 bits per heavy atom. The molecule has 0 amide bonds. The number of aromatic nitrogens is 4. The Morgan fingerprint density at radius 2 is 1.77 bits per heavy atom. The number of pyridine rings is 2. The van der Waals surface area contributed by atoms with Crippen molar-refractivity contribution in [3.63, 3.8) is 0 Å². The molecule has 0 unspecified atom stereocenters. The van der Waals surface area contributed by atoms with Crippen LogP contribution in [0.3, 0.4) is 0 Å². The van der Waals surface area contributed by atoms with Crippen LogP contribution in [0, 0.1) is 0 Å². The summed E-state index contributed by atoms with van der Waals surface area (Å²) in [5.41, 5.74) is 5.23. The molecule has 1 saturated heterocycles. The number of aryl methyl sites for hydroxylation is 1. The number of aliphatic hydroxyl groups is 1. The smallest absolute Gasteiger partial charge is 0.154 e. The number of benzene rings is 1. The van der Waals surface area contributed by atoms with Gasteiger partial charge < -0.3 is 10.0 Å². The fourth-order valence-electron chi connectivity index (χ4n) is 4.46. The number of fused-ring (bicyclic) bond motifs is 1. The summed E-state index contributed by atoms with van der Waals surface area (Å²) in [6, 6.07) is 15.7. The summed E-state index contributed by atoms with van der Waals surface area (Å²) in [4.78, 5) is 11.6. The van der Waals surface area contributed by atoms with Gasteiger partial charge in [-0.2, -0.15) is 5.10 Å². The number of unbranched alkanes of at least 4 members (excludes halogenated alkanes) is 1. The largest absolute Gasteiger partial charge is 0.390 e. The fourth-order valence-corrected chi connectivity index (χ4v) is 5.67. The maximum atomic E-state index is 12.1. The third-order valence-corrected chi connectivity index (χ3v) is 8.02. The standard InChI is InChI=1S/C26H29N5O3S/c1-2-3-6-20-7-4-9-23(28-20)19-15-24(30-11-13-35(33,34)14-12-30)22-17-27-31(25(22)16-19)26-10-5-8-21(18-32)29-26/h4-5,7-10,15-17,32H,2-3,6,11-14,18H2,1H3. The molecule has 0 spiro atoms. The van der Waals surface area contributed by atoms with Crippen molar-refractivity contribution in [2.75, 3.05) is 29.5 Å². The number of nitrogens with zero attached hydrogens (tertiary/aromatic N) is 5. The average Bonchev–Trinajstić information content (AvgIpc) is 3.31. The summed E-state index contributed by atoms with van der Waals surface area (Å²) in [5, 5.41) is 15.1. The Bertz CT molecular complexity index is 1450. The zero-order valence-electron chi connectivity index (χ0n) is 19.8. The highest BCUT2D eigenvalue weighted by molar-refractivity contribution is 7.91. The lowest BCUT2D eigenvalue weighted by molar-refractivity contribution is 0.276. The van der Waals surface area contributed by atoms with Gasteiger partial charge in [0.15, 0.2) is 15.7 Å². The van der Waals surface area contributed by atoms with Crippen LogP contribution in [0.1, 0.15) is 31.2 Å². The molecular formula is C26H29N5O3S. The Kier molecular flexibility index (Phi) is 6.53. The van der Waals surface area contributed by atoms with Gasteiger partial charge in [-0.1, -0.05) is 25.5 Å². The lowest BCUT2D eigenvalue weighted by Gasteiger charge is -2.29. The summed E-state index contributed by atoms with van der Waals surface area (Å²) in [6.45, 7) is 2.90. The van der Waals surface area contributed by atoms with E-state index in [1.54, 1.807) is 16.9 Å². The molecule has 0 atom stereocenters. The Balaban J connectivity index is 1.66. The van der Waals surface area contributed by atoms with Gasteiger partial charge in [-0.25, -0.2) is 18.1 Å². The van der Waals surface area contributed by atoms with Crippen molar-refractivity contribution < 1.29 is 13.5 Å². The molecule has 0 saturated carbocycles. The zero-order valence-corrected chi connectivity index (χ0v) is 20.6. The molecule has 1 aliphatic rings. The van der Waals surface area contributed by atoms with E-state index in [1.807, 2.05) is 24.3 Å². The van der Waals surface area contributed by atoms with Crippen LogP contribution in [0.2, 0.25) is 0 Å². The van der Waals surface area contributed by atoms with Gasteiger partial charge in [0, 0.05) is 35.4 Å². The van der Waals surface area contributed by atoms with E-state index in [-0.39, 0.29) is 18.1 Å². The second-order valence-electron chi connectivity index (χ2n) is 8.89. The zero-order chi connectivity index (χ0) is 24.4. The van der Waals surface area contributed by atoms with Gasteiger partial charge in [-0.15, -0.1) is 0 Å². The summed E-state index contributed by atoms with van der Waals surface area (Å²) in [7, 11) is -3.01. The van der Waals surface area contributed by atoms with Crippen molar-refractivity contribution in [3.8, 4) is 17.1 Å². The predicted octanol–water partition coefficient (Wildman–Crippen LogP) is 3.55. The first kappa shape index (κ1) is 23.4. The van der Waals surface area contributed by atoms with Gasteiger partial charge in [-0.3, -0.25) is 4.98 Å². The molecule has 1 aromatic carbocycles. The number of anilines is 1. The second-order valence-corrected chi connectivity index (χ2v) is 11.2. The minimum Gasteiger partial charge on any atom is -0.390 e. The molecule has 0 bridgehead atoms. The molecule has 3 aromatic heterocycles. The number of sulfone groups is 1. The van der Waals surface area contributed by atoms with Crippen LogP contribution in [0.5, 0.6) is 0 Å². The molecule has 4 aromatic rings. The number of hydrogen-bond donors (Lipinski definition) is 1. The van der Waals surface area contributed by atoms with Crippen LogP contribution in [-0.4, -0.2) is 57.9 Å². The third-order valence-electron chi connectivity index (χ3n) is 6.41. The molecule has 182 valence electrons. The quantitative estimate of drug-likeness (QED) is 0.422. The first-order valence-electron chi connectivity index (χ1n) is 12.0. The molecule has 9 heteroatoms. The van der Waals surface area contributed by atoms with E-state index in [1.165, 1.54) is 0 Å². The molecule has 0 aliphatic carbocycles. The maximum absolute atomic E-state index is 12.1. The highest BCUT2D eigenvalue weighted by Crippen LogP contribution is 2.34. The van der Waals surface area contributed by atoms with Crippen molar-refractivity contribution in [2.24, 2.45) is 0 Å². The van der Waals surface area contributed by atoms with E-state index in [4.69, 9.17) is 4.98 Å². The fraction of sp³-hybridized carbons (Fsp3) is 0.346. The monoisotopic (exact) mass is 491 g/mol. The van der Waals surface area contributed by atoms with E-state index in [9.17, 15) is 13.5 Å². The van der Waals surface area contributed by atoms with E-state index < -0.39 is 9.84 Å². The van der Waals surface area contributed by atoms with Crippen molar-refractivity contribution in [1.29, 1.82) is 0 Å². The molecule has 35 heavy (non-hydrogen) atoms. The molecule has 0 radical (unpaired) electrons. The molecule has 5 rings (SSSR count). The van der Waals surface area contributed by atoms with Gasteiger partial charge in [0.05, 0.1) is 41.2 Å². The van der Waals surface area contributed by atoms with E-state index in [0.29, 0.717) is 24.6 Å². The Hall–Kier alpha value is -3.30. The summed E-state index contributed by atoms with van der Waals surface area (Å²) >= 11 is 0. The van der Waals surface area contributed by atoms with Gasteiger partial charge >= 0.3 is 0 Å². The Labute approximate surface area is 205 Å². The minimum absolute atomic E-state index is 0.137. The van der Waals surface area contributed by atoms with Crippen LogP contribution in [0.15, 0.2) is 54.7 Å². The van der Waals surface area contributed by atoms with Crippen molar-refractivity contribution in [2.45, 2.75) is 32.8 Å². The van der Waals surface area contributed by atoms with Crippen LogP contribution in [-0.2, 0) is 22.9 Å². The van der Waals surface area contributed by atoms with Gasteiger partial charge in [-0.05, 0) is 49.2 Å². The van der Waals surface area contributed by atoms with E-state index in [0.717, 1.165) is 52.8 Å². The van der Waals surface area contributed by atoms with Crippen LogP contribution < -0.4 is 4.90 Å². The van der Waals surface area contributed by atoms with E-state index in [2.05, 4.69) is 40.1 Å². The number of rotatable bonds is 7. The first-order chi connectivity index (χ1) is 17.0. The molecule has 4 heterocycles. The van der Waals surface area contributed by atoms with Crippen molar-refractivity contribution >= 4 is 26.4 Å². The SMILES string of the molecule is CCCCc1cccc(-c2cc(N3CCS(=O)(=O)CC3)c3cnn(-c4cccc(CO)n4)c3c2)n1. The van der Waals surface area contributed by atoms with Gasteiger partial charge in [0.2, 0.25) is 0 Å². The predicted molar refractivity (Wildman–Crippen MR) is 137 cm³/mol. The minimum atomic E-state index is -3.01. The summed E-state index contributed by atoms with van der Waals surface area (Å²) < 4.78 is 25.9. The van der Waals surface area contributed by atoms with Crippen LogP contribution >= 0.6 is 0 Å². The molecular weight excluding hydrogens is 462 g/mol. The third kappa shape index (κ3) is 4.92. The van der Waals surface area contributed by atoms with Gasteiger partial charge in [0.1, 0.15) is 0 Å². The number of aliphatic hydroxyl groups excluding tert-OH is 1. The normalized spacial score (nSPS) is 15.5. The van der Waals surface area contributed by atoms with Gasteiger partial charge in [0.25, 0.3) is 0 Å². The highest BCUT2D eigenvalue weighted by Gasteiger charge is 2.25. The molecule has 1 N–H and O–H groups in total. The summed E-state index contributed by atoms with van der Waals surface area (Å²) in [6.07, 6.45) is 4.93. The molecule has 8 nitrogen and oxygen atoms in total. The lowest BCUT2D eigenvalue weighted by Crippen LogP contribution is -2.40. The second kappa shape index (κ2) is 9.75. The molecule has 1 fully saturated rings. The molecule has 1 aliphatic heterocycles. The van der Waals surface area contributed by atoms with Crippen LogP contribution in [0.25, 0.3) is 28.0 Å². The Morgan fingerprint density at radius 3 is 2.54 bits per heavy atom. The lowest BCUT2D eigenvalue weighted by atomic mass is 10.1. The van der Waals surface area contributed by atoms with E-state index >= 15 is 0 Å². The maximum Gasteiger partial charge on any atom is 0.154 e. The van der Waals surface area contributed by atoms with Crippen LogP contribution in [0.4, 0.5) is 5.69 Å². The van der Waals surface area contributed by atoms with Crippen molar-refractivity contribution in [3.05, 3.63) is 66.1 Å². The summed E-state index contributed by atoms with van der Waals surface area (Å²) in [5.74, 6) is 0.885. The topological polar surface area (TPSA) is 101 Å². The highest BCUT2D eigenvalue weighted by atomic mass is 32.2. The first-order valence-corrected chi connectivity index (χ1v) is 13.8. The van der Waals surface area contributed by atoms with Crippen molar-refractivity contribution in [1.82, 2.24) is 19.7 Å². The average molecular weight is 492 g/mol.